The van der Waals surface area contributed by atoms with Crippen molar-refractivity contribution in [2.45, 2.75) is 13.1 Å². The van der Waals surface area contributed by atoms with Crippen molar-refractivity contribution < 1.29 is 18.0 Å². The molecule has 1 aromatic heterocycles. The van der Waals surface area contributed by atoms with Gasteiger partial charge in [0.2, 0.25) is 0 Å². The Balaban J connectivity index is 2.25. The second kappa shape index (κ2) is 6.58. The highest BCUT2D eigenvalue weighted by Gasteiger charge is 2.30. The van der Waals surface area contributed by atoms with E-state index < -0.39 is 17.6 Å². The number of aromatic nitrogens is 2. The molecule has 24 heavy (non-hydrogen) atoms. The lowest BCUT2D eigenvalue weighted by Gasteiger charge is -2.09. The van der Waals surface area contributed by atoms with Crippen LogP contribution in [0.5, 0.6) is 0 Å². The Hall–Kier alpha value is -3.08. The normalized spacial score (nSPS) is 11.9. The van der Waals surface area contributed by atoms with Gasteiger partial charge in [-0.1, -0.05) is 6.07 Å². The van der Waals surface area contributed by atoms with E-state index in [2.05, 4.69) is 10.4 Å². The summed E-state index contributed by atoms with van der Waals surface area (Å²) in [5, 5.41) is 15.4. The van der Waals surface area contributed by atoms with E-state index in [9.17, 15) is 18.0 Å². The van der Waals surface area contributed by atoms with E-state index in [1.807, 2.05) is 0 Å². The molecule has 0 fully saturated rings. The van der Waals surface area contributed by atoms with E-state index in [0.29, 0.717) is 5.56 Å². The predicted octanol–water partition coefficient (Wildman–Crippen LogP) is 3.29. The first-order valence-corrected chi connectivity index (χ1v) is 6.81. The van der Waals surface area contributed by atoms with E-state index in [4.69, 9.17) is 5.26 Å². The molecule has 1 heterocycles. The van der Waals surface area contributed by atoms with Gasteiger partial charge in [0.1, 0.15) is 11.6 Å². The SMILES string of the molecule is Cc1c(C=C(C#N)C(=O)Nc2cccc(C(F)(F)F)c2)cnn1C. The number of alkyl halides is 3. The van der Waals surface area contributed by atoms with Crippen LogP contribution >= 0.6 is 0 Å². The minimum atomic E-state index is -4.51. The summed E-state index contributed by atoms with van der Waals surface area (Å²) in [5.41, 5.74) is 0.163. The topological polar surface area (TPSA) is 70.7 Å². The van der Waals surface area contributed by atoms with Crippen LogP contribution in [-0.2, 0) is 18.0 Å². The molecule has 124 valence electrons. The highest BCUT2D eigenvalue weighted by atomic mass is 19.4. The average Bonchev–Trinajstić information content (AvgIpc) is 2.83. The molecule has 2 rings (SSSR count). The second-order valence-corrected chi connectivity index (χ2v) is 5.01. The number of carbonyl (C=O) groups is 1. The molecule has 0 radical (unpaired) electrons. The monoisotopic (exact) mass is 334 g/mol. The molecular formula is C16H13F3N4O. The van der Waals surface area contributed by atoms with Gasteiger partial charge in [-0.2, -0.15) is 23.5 Å². The van der Waals surface area contributed by atoms with Crippen molar-refractivity contribution in [2.75, 3.05) is 5.32 Å². The number of nitriles is 1. The van der Waals surface area contributed by atoms with Crippen LogP contribution in [-0.4, -0.2) is 15.7 Å². The van der Waals surface area contributed by atoms with E-state index >= 15 is 0 Å². The van der Waals surface area contributed by atoms with Crippen LogP contribution in [0.2, 0.25) is 0 Å². The Labute approximate surface area is 136 Å². The van der Waals surface area contributed by atoms with Crippen molar-refractivity contribution in [1.82, 2.24) is 9.78 Å². The maximum absolute atomic E-state index is 12.7. The van der Waals surface area contributed by atoms with Crippen molar-refractivity contribution >= 4 is 17.7 Å². The summed E-state index contributed by atoms with van der Waals surface area (Å²) in [6, 6.07) is 5.94. The molecule has 1 N–H and O–H groups in total. The summed E-state index contributed by atoms with van der Waals surface area (Å²) in [4.78, 5) is 12.1. The molecule has 0 atom stereocenters. The van der Waals surface area contributed by atoms with Gasteiger partial charge in [0.05, 0.1) is 11.8 Å². The zero-order chi connectivity index (χ0) is 17.9. The molecule has 1 aromatic carbocycles. The molecule has 0 aliphatic rings. The fourth-order valence-electron chi connectivity index (χ4n) is 1.93. The van der Waals surface area contributed by atoms with Gasteiger partial charge in [-0.15, -0.1) is 0 Å². The maximum Gasteiger partial charge on any atom is 0.416 e. The van der Waals surface area contributed by atoms with Gasteiger partial charge in [-0.25, -0.2) is 0 Å². The summed E-state index contributed by atoms with van der Waals surface area (Å²) in [5.74, 6) is -0.792. The molecule has 0 unspecified atom stereocenters. The summed E-state index contributed by atoms with van der Waals surface area (Å²) in [7, 11) is 1.71. The molecule has 5 nitrogen and oxygen atoms in total. The summed E-state index contributed by atoms with van der Waals surface area (Å²) in [6.45, 7) is 1.76. The molecule has 1 amide bonds. The fourth-order valence-corrected chi connectivity index (χ4v) is 1.93. The first-order chi connectivity index (χ1) is 11.2. The Bertz CT molecular complexity index is 844. The Kier molecular flexibility index (Phi) is 4.74. The van der Waals surface area contributed by atoms with Crippen LogP contribution in [0.3, 0.4) is 0 Å². The standard InChI is InChI=1S/C16H13F3N4O/c1-10-12(9-21-23(10)2)6-11(8-20)15(24)22-14-5-3-4-13(7-14)16(17,18)19/h3-7,9H,1-2H3,(H,22,24). The number of nitrogens with zero attached hydrogens (tertiary/aromatic N) is 3. The number of aryl methyl sites for hydroxylation is 1. The van der Waals surface area contributed by atoms with Gasteiger partial charge in [0.25, 0.3) is 5.91 Å². The molecular weight excluding hydrogens is 321 g/mol. The molecule has 0 saturated carbocycles. The van der Waals surface area contributed by atoms with Gasteiger partial charge >= 0.3 is 6.18 Å². The van der Waals surface area contributed by atoms with Gasteiger partial charge in [0.15, 0.2) is 0 Å². The number of rotatable bonds is 3. The lowest BCUT2D eigenvalue weighted by molar-refractivity contribution is -0.137. The number of carbonyl (C=O) groups excluding carboxylic acids is 1. The van der Waals surface area contributed by atoms with Crippen molar-refractivity contribution in [2.24, 2.45) is 7.05 Å². The molecule has 0 aliphatic carbocycles. The van der Waals surface area contributed by atoms with Crippen LogP contribution in [0.1, 0.15) is 16.8 Å². The quantitative estimate of drug-likeness (QED) is 0.691. The Morgan fingerprint density at radius 2 is 2.12 bits per heavy atom. The van der Waals surface area contributed by atoms with Crippen LogP contribution in [0.4, 0.5) is 18.9 Å². The lowest BCUT2D eigenvalue weighted by atomic mass is 10.1. The van der Waals surface area contributed by atoms with Gasteiger partial charge in [-0.3, -0.25) is 9.48 Å². The van der Waals surface area contributed by atoms with E-state index in [1.165, 1.54) is 24.4 Å². The largest absolute Gasteiger partial charge is 0.416 e. The number of halogens is 3. The highest BCUT2D eigenvalue weighted by molar-refractivity contribution is 6.09. The smallest absolute Gasteiger partial charge is 0.321 e. The lowest BCUT2D eigenvalue weighted by Crippen LogP contribution is -2.14. The Morgan fingerprint density at radius 1 is 1.42 bits per heavy atom. The van der Waals surface area contributed by atoms with Gasteiger partial charge in [0, 0.05) is 24.0 Å². The highest BCUT2D eigenvalue weighted by Crippen LogP contribution is 2.30. The average molecular weight is 334 g/mol. The minimum absolute atomic E-state index is 0.0427. The third kappa shape index (κ3) is 3.81. The van der Waals surface area contributed by atoms with Crippen molar-refractivity contribution in [3.8, 4) is 6.07 Å². The predicted molar refractivity (Wildman–Crippen MR) is 81.6 cm³/mol. The van der Waals surface area contributed by atoms with Gasteiger partial charge < -0.3 is 5.32 Å². The number of hydrogen-bond donors (Lipinski definition) is 1. The van der Waals surface area contributed by atoms with Crippen molar-refractivity contribution in [1.29, 1.82) is 5.26 Å². The number of benzene rings is 1. The summed E-state index contributed by atoms with van der Waals surface area (Å²) in [6.07, 6.45) is -1.68. The molecule has 2 aromatic rings. The molecule has 8 heteroatoms. The molecule has 0 aliphatic heterocycles. The van der Waals surface area contributed by atoms with Crippen LogP contribution in [0, 0.1) is 18.3 Å². The summed E-state index contributed by atoms with van der Waals surface area (Å²) < 4.78 is 39.6. The maximum atomic E-state index is 12.7. The first kappa shape index (κ1) is 17.3. The third-order valence-electron chi connectivity index (χ3n) is 3.39. The minimum Gasteiger partial charge on any atom is -0.321 e. The van der Waals surface area contributed by atoms with Crippen molar-refractivity contribution in [3.05, 3.63) is 52.9 Å². The number of amides is 1. The number of anilines is 1. The zero-order valence-corrected chi connectivity index (χ0v) is 12.8. The van der Waals surface area contributed by atoms with E-state index in [-0.39, 0.29) is 11.3 Å². The van der Waals surface area contributed by atoms with Crippen LogP contribution < -0.4 is 5.32 Å². The molecule has 0 spiro atoms. The molecule has 0 saturated heterocycles. The van der Waals surface area contributed by atoms with E-state index in [0.717, 1.165) is 17.8 Å². The third-order valence-corrected chi connectivity index (χ3v) is 3.39. The van der Waals surface area contributed by atoms with Crippen molar-refractivity contribution in [3.63, 3.8) is 0 Å². The first-order valence-electron chi connectivity index (χ1n) is 6.81. The van der Waals surface area contributed by atoms with Crippen LogP contribution in [0.25, 0.3) is 6.08 Å². The zero-order valence-electron chi connectivity index (χ0n) is 12.8. The van der Waals surface area contributed by atoms with Crippen LogP contribution in [0.15, 0.2) is 36.0 Å². The second-order valence-electron chi connectivity index (χ2n) is 5.01. The van der Waals surface area contributed by atoms with Gasteiger partial charge in [-0.05, 0) is 31.2 Å². The fraction of sp³-hybridized carbons (Fsp3) is 0.188. The summed E-state index contributed by atoms with van der Waals surface area (Å²) >= 11 is 0. The number of hydrogen-bond acceptors (Lipinski definition) is 3. The Morgan fingerprint density at radius 3 is 2.67 bits per heavy atom. The number of nitrogens with one attached hydrogen (secondary N) is 1. The van der Waals surface area contributed by atoms with E-state index in [1.54, 1.807) is 24.7 Å². The molecule has 0 bridgehead atoms.